The second-order valence-electron chi connectivity index (χ2n) is 5.94. The van der Waals surface area contributed by atoms with Gasteiger partial charge in [0.2, 0.25) is 0 Å². The van der Waals surface area contributed by atoms with E-state index in [1.165, 1.54) is 0 Å². The summed E-state index contributed by atoms with van der Waals surface area (Å²) < 4.78 is 11.3. The molecule has 3 aromatic carbocycles. The van der Waals surface area contributed by atoms with Crippen molar-refractivity contribution in [2.45, 2.75) is 0 Å². The summed E-state index contributed by atoms with van der Waals surface area (Å²) >= 11 is 6.00. The van der Waals surface area contributed by atoms with E-state index in [0.717, 1.165) is 10.9 Å². The number of halogens is 1. The quantitative estimate of drug-likeness (QED) is 0.484. The molecule has 1 aromatic heterocycles. The van der Waals surface area contributed by atoms with Crippen LogP contribution in [0, 0.1) is 22.7 Å². The maximum absolute atomic E-state index is 9.72. The molecule has 0 spiro atoms. The highest BCUT2D eigenvalue weighted by Crippen LogP contribution is 2.43. The molecule has 0 amide bonds. The number of hydrogen-bond donors (Lipinski definition) is 1. The predicted octanol–water partition coefficient (Wildman–Crippen LogP) is 5.24. The van der Waals surface area contributed by atoms with Crippen LogP contribution in [0.5, 0.6) is 5.75 Å². The number of rotatable bonds is 2. The van der Waals surface area contributed by atoms with Gasteiger partial charge >= 0.3 is 0 Å². The first-order valence-electron chi connectivity index (χ1n) is 8.00. The molecule has 27 heavy (non-hydrogen) atoms. The molecule has 0 saturated heterocycles. The SMILES string of the molecule is COc1ccc2c(c1)oc1c(-c3ccc(Cl)cc3)c(C#N)c(N)c(C#N)c12. The summed E-state index contributed by atoms with van der Waals surface area (Å²) in [5.74, 6) is 0.626. The zero-order chi connectivity index (χ0) is 19.1. The molecule has 0 aliphatic heterocycles. The predicted molar refractivity (Wildman–Crippen MR) is 105 cm³/mol. The Hall–Kier alpha value is -3.67. The summed E-state index contributed by atoms with van der Waals surface area (Å²) in [7, 11) is 1.56. The number of ether oxygens (including phenoxy) is 1. The first kappa shape index (κ1) is 16.8. The summed E-state index contributed by atoms with van der Waals surface area (Å²) in [5.41, 5.74) is 9.01. The van der Waals surface area contributed by atoms with Crippen LogP contribution in [0.25, 0.3) is 33.1 Å². The summed E-state index contributed by atoms with van der Waals surface area (Å²) in [6.07, 6.45) is 0. The summed E-state index contributed by atoms with van der Waals surface area (Å²) in [4.78, 5) is 0. The number of benzene rings is 3. The standard InChI is InChI=1S/C21H12ClN3O2/c1-26-13-6-7-14-17(8-13)27-21-18(11-2-4-12(22)5-3-11)15(9-23)20(25)16(10-24)19(14)21/h2-8H,25H2,1H3. The number of nitrogen functional groups attached to an aromatic ring is 1. The Bertz CT molecular complexity index is 1290. The third-order valence-electron chi connectivity index (χ3n) is 4.52. The van der Waals surface area contributed by atoms with Crippen molar-refractivity contribution in [3.63, 3.8) is 0 Å². The van der Waals surface area contributed by atoms with Gasteiger partial charge in [-0.1, -0.05) is 23.7 Å². The molecule has 6 heteroatoms. The highest BCUT2D eigenvalue weighted by Gasteiger charge is 2.24. The van der Waals surface area contributed by atoms with Crippen molar-refractivity contribution in [1.82, 2.24) is 0 Å². The molecule has 0 unspecified atom stereocenters. The maximum Gasteiger partial charge on any atom is 0.146 e. The molecule has 4 aromatic rings. The minimum Gasteiger partial charge on any atom is -0.497 e. The van der Waals surface area contributed by atoms with E-state index in [9.17, 15) is 10.5 Å². The van der Waals surface area contributed by atoms with Gasteiger partial charge in [-0.3, -0.25) is 0 Å². The molecule has 0 radical (unpaired) electrons. The first-order valence-corrected chi connectivity index (χ1v) is 8.38. The second kappa shape index (κ2) is 6.25. The van der Waals surface area contributed by atoms with Crippen molar-refractivity contribution < 1.29 is 9.15 Å². The van der Waals surface area contributed by atoms with Crippen molar-refractivity contribution in [3.05, 3.63) is 58.6 Å². The molecular formula is C21H12ClN3O2. The molecular weight excluding hydrogens is 362 g/mol. The number of anilines is 1. The van der Waals surface area contributed by atoms with Crippen LogP contribution < -0.4 is 10.5 Å². The van der Waals surface area contributed by atoms with Gasteiger partial charge in [-0.05, 0) is 29.8 Å². The molecule has 1 heterocycles. The Labute approximate surface area is 159 Å². The van der Waals surface area contributed by atoms with Crippen LogP contribution in [-0.2, 0) is 0 Å². The van der Waals surface area contributed by atoms with E-state index in [0.29, 0.717) is 32.9 Å². The highest BCUT2D eigenvalue weighted by molar-refractivity contribution is 6.30. The molecule has 2 N–H and O–H groups in total. The Morgan fingerprint density at radius 3 is 2.37 bits per heavy atom. The summed E-state index contributed by atoms with van der Waals surface area (Å²) in [6.45, 7) is 0. The molecule has 0 aliphatic carbocycles. The van der Waals surface area contributed by atoms with E-state index in [4.69, 9.17) is 26.5 Å². The maximum atomic E-state index is 9.72. The van der Waals surface area contributed by atoms with Crippen molar-refractivity contribution >= 4 is 39.2 Å². The van der Waals surface area contributed by atoms with Gasteiger partial charge in [0, 0.05) is 27.4 Å². The van der Waals surface area contributed by atoms with E-state index < -0.39 is 0 Å². The zero-order valence-electron chi connectivity index (χ0n) is 14.2. The van der Waals surface area contributed by atoms with Gasteiger partial charge in [-0.25, -0.2) is 0 Å². The van der Waals surface area contributed by atoms with E-state index in [1.807, 2.05) is 6.07 Å². The average molecular weight is 374 g/mol. The fraction of sp³-hybridized carbons (Fsp3) is 0.0476. The number of nitriles is 2. The number of nitrogens with two attached hydrogens (primary N) is 1. The lowest BCUT2D eigenvalue weighted by molar-refractivity contribution is 0.414. The van der Waals surface area contributed by atoms with Crippen LogP contribution >= 0.6 is 11.6 Å². The van der Waals surface area contributed by atoms with Gasteiger partial charge in [0.25, 0.3) is 0 Å². The van der Waals surface area contributed by atoms with Crippen LogP contribution in [-0.4, -0.2) is 7.11 Å². The summed E-state index contributed by atoms with van der Waals surface area (Å²) in [6, 6.07) is 16.6. The van der Waals surface area contributed by atoms with Crippen molar-refractivity contribution in [2.24, 2.45) is 0 Å². The fourth-order valence-electron chi connectivity index (χ4n) is 3.26. The first-order chi connectivity index (χ1) is 13.1. The largest absolute Gasteiger partial charge is 0.497 e. The Morgan fingerprint density at radius 2 is 1.74 bits per heavy atom. The van der Waals surface area contributed by atoms with Crippen LogP contribution in [0.15, 0.2) is 46.9 Å². The Kier molecular flexibility index (Phi) is 3.88. The van der Waals surface area contributed by atoms with E-state index in [2.05, 4.69) is 12.1 Å². The van der Waals surface area contributed by atoms with Crippen molar-refractivity contribution in [1.29, 1.82) is 10.5 Å². The van der Waals surface area contributed by atoms with Crippen LogP contribution in [0.1, 0.15) is 11.1 Å². The van der Waals surface area contributed by atoms with Gasteiger partial charge in [0.05, 0.1) is 23.9 Å². The number of methoxy groups -OCH3 is 1. The normalized spacial score (nSPS) is 10.7. The molecule has 0 atom stereocenters. The van der Waals surface area contributed by atoms with Gasteiger partial charge in [0.1, 0.15) is 29.1 Å². The smallest absolute Gasteiger partial charge is 0.146 e. The number of nitrogens with zero attached hydrogens (tertiary/aromatic N) is 2. The van der Waals surface area contributed by atoms with Gasteiger partial charge in [0.15, 0.2) is 0 Å². The topological polar surface area (TPSA) is 96.0 Å². The van der Waals surface area contributed by atoms with Gasteiger partial charge < -0.3 is 14.9 Å². The lowest BCUT2D eigenvalue weighted by Gasteiger charge is -2.10. The Balaban J connectivity index is 2.24. The lowest BCUT2D eigenvalue weighted by atomic mass is 9.92. The van der Waals surface area contributed by atoms with Crippen LogP contribution in [0.3, 0.4) is 0 Å². The molecule has 0 fully saturated rings. The minimum absolute atomic E-state index is 0.135. The van der Waals surface area contributed by atoms with Gasteiger partial charge in [-0.15, -0.1) is 0 Å². The summed E-state index contributed by atoms with van der Waals surface area (Å²) in [5, 5.41) is 21.3. The van der Waals surface area contributed by atoms with Crippen molar-refractivity contribution in [2.75, 3.05) is 12.8 Å². The highest BCUT2D eigenvalue weighted by atomic mass is 35.5. The molecule has 4 rings (SSSR count). The number of fused-ring (bicyclic) bond motifs is 3. The molecule has 130 valence electrons. The van der Waals surface area contributed by atoms with Gasteiger partial charge in [-0.2, -0.15) is 10.5 Å². The van der Waals surface area contributed by atoms with E-state index in [1.54, 1.807) is 43.5 Å². The lowest BCUT2D eigenvalue weighted by Crippen LogP contribution is -1.99. The van der Waals surface area contributed by atoms with E-state index >= 15 is 0 Å². The molecule has 5 nitrogen and oxygen atoms in total. The minimum atomic E-state index is 0.135. The van der Waals surface area contributed by atoms with E-state index in [-0.39, 0.29) is 16.8 Å². The third kappa shape index (κ3) is 2.45. The van der Waals surface area contributed by atoms with Crippen LogP contribution in [0.4, 0.5) is 5.69 Å². The Morgan fingerprint density at radius 1 is 1.04 bits per heavy atom. The number of furan rings is 1. The second-order valence-corrected chi connectivity index (χ2v) is 6.37. The molecule has 0 aliphatic rings. The van der Waals surface area contributed by atoms with Crippen molar-refractivity contribution in [3.8, 4) is 29.0 Å². The third-order valence-corrected chi connectivity index (χ3v) is 4.77. The van der Waals surface area contributed by atoms with Crippen LogP contribution in [0.2, 0.25) is 5.02 Å². The monoisotopic (exact) mass is 373 g/mol. The zero-order valence-corrected chi connectivity index (χ0v) is 15.0. The molecule has 0 saturated carbocycles. The average Bonchev–Trinajstić information content (AvgIpc) is 3.06. The fourth-order valence-corrected chi connectivity index (χ4v) is 3.39. The molecule has 0 bridgehead atoms. The number of hydrogen-bond acceptors (Lipinski definition) is 5.